The monoisotopic (exact) mass is 312 g/mol. The van der Waals surface area contributed by atoms with Crippen LogP contribution in [-0.4, -0.2) is 34.4 Å². The third-order valence-corrected chi connectivity index (χ3v) is 3.23. The van der Waals surface area contributed by atoms with E-state index in [0.29, 0.717) is 18.5 Å². The average Bonchev–Trinajstić information content (AvgIpc) is 2.69. The van der Waals surface area contributed by atoms with Gasteiger partial charge in [0.25, 0.3) is 0 Å². The molecule has 0 fully saturated rings. The standard InChI is InChI=1S/C12H17BrN4O/c1-8(2)10(7-18-3)14-12-15-11-5-4-9(13)6-17(11)16-12/h4-6,8,10H,7H2,1-3H3,(H,14,16). The Balaban J connectivity index is 2.20. The zero-order chi connectivity index (χ0) is 13.1. The van der Waals surface area contributed by atoms with E-state index in [-0.39, 0.29) is 6.04 Å². The first-order chi connectivity index (χ1) is 8.60. The maximum absolute atomic E-state index is 5.20. The number of nitrogens with zero attached hydrogens (tertiary/aromatic N) is 3. The predicted octanol–water partition coefficient (Wildman–Crippen LogP) is 2.57. The van der Waals surface area contributed by atoms with Gasteiger partial charge in [0.15, 0.2) is 5.65 Å². The van der Waals surface area contributed by atoms with Crippen molar-refractivity contribution < 1.29 is 4.74 Å². The third-order valence-electron chi connectivity index (χ3n) is 2.76. The summed E-state index contributed by atoms with van der Waals surface area (Å²) in [5.74, 6) is 1.08. The molecule has 0 saturated carbocycles. The number of methoxy groups -OCH3 is 1. The van der Waals surface area contributed by atoms with E-state index in [1.54, 1.807) is 11.6 Å². The molecule has 1 unspecified atom stereocenters. The molecule has 2 rings (SSSR count). The van der Waals surface area contributed by atoms with Crippen molar-refractivity contribution in [1.29, 1.82) is 0 Å². The van der Waals surface area contributed by atoms with Gasteiger partial charge in [-0.3, -0.25) is 0 Å². The maximum Gasteiger partial charge on any atom is 0.243 e. The number of hydrogen-bond donors (Lipinski definition) is 1. The predicted molar refractivity (Wildman–Crippen MR) is 74.8 cm³/mol. The van der Waals surface area contributed by atoms with Crippen molar-refractivity contribution in [3.8, 4) is 0 Å². The normalized spacial score (nSPS) is 13.2. The number of aromatic nitrogens is 3. The second-order valence-corrected chi connectivity index (χ2v) is 5.45. The van der Waals surface area contributed by atoms with E-state index in [4.69, 9.17) is 4.74 Å². The number of halogens is 1. The van der Waals surface area contributed by atoms with Gasteiger partial charge >= 0.3 is 0 Å². The summed E-state index contributed by atoms with van der Waals surface area (Å²) in [7, 11) is 1.70. The summed E-state index contributed by atoms with van der Waals surface area (Å²) < 4.78 is 7.92. The molecule has 0 spiro atoms. The summed E-state index contributed by atoms with van der Waals surface area (Å²) in [6, 6.07) is 4.07. The van der Waals surface area contributed by atoms with Crippen LogP contribution in [0.4, 0.5) is 5.95 Å². The van der Waals surface area contributed by atoms with E-state index in [2.05, 4.69) is 45.2 Å². The molecule has 2 heterocycles. The summed E-state index contributed by atoms with van der Waals surface area (Å²) in [5.41, 5.74) is 0.820. The van der Waals surface area contributed by atoms with E-state index < -0.39 is 0 Å². The van der Waals surface area contributed by atoms with Gasteiger partial charge in [-0.05, 0) is 34.0 Å². The Morgan fingerprint density at radius 2 is 2.22 bits per heavy atom. The van der Waals surface area contributed by atoms with Crippen molar-refractivity contribution in [1.82, 2.24) is 14.6 Å². The van der Waals surface area contributed by atoms with Crippen molar-refractivity contribution in [2.45, 2.75) is 19.9 Å². The zero-order valence-corrected chi connectivity index (χ0v) is 12.3. The maximum atomic E-state index is 5.20. The van der Waals surface area contributed by atoms with Gasteiger partial charge in [-0.2, -0.15) is 4.98 Å². The van der Waals surface area contributed by atoms with Gasteiger partial charge in [0.1, 0.15) is 0 Å². The molecule has 2 aromatic rings. The molecule has 0 aliphatic heterocycles. The van der Waals surface area contributed by atoms with E-state index in [9.17, 15) is 0 Å². The van der Waals surface area contributed by atoms with Gasteiger partial charge in [0.05, 0.1) is 12.6 Å². The van der Waals surface area contributed by atoms with Crippen LogP contribution >= 0.6 is 15.9 Å². The molecule has 0 aliphatic rings. The highest BCUT2D eigenvalue weighted by Gasteiger charge is 2.15. The molecule has 5 nitrogen and oxygen atoms in total. The Bertz CT molecular complexity index is 526. The SMILES string of the molecule is COCC(Nc1nc2ccc(Br)cn2n1)C(C)C. The molecule has 0 aliphatic carbocycles. The molecule has 0 amide bonds. The first kappa shape index (κ1) is 13.3. The molecule has 1 N–H and O–H groups in total. The van der Waals surface area contributed by atoms with Gasteiger partial charge in [0.2, 0.25) is 5.95 Å². The fourth-order valence-electron chi connectivity index (χ4n) is 1.67. The van der Waals surface area contributed by atoms with Crippen molar-refractivity contribution in [2.24, 2.45) is 5.92 Å². The van der Waals surface area contributed by atoms with Crippen molar-refractivity contribution in [2.75, 3.05) is 19.0 Å². The number of pyridine rings is 1. The molecule has 2 aromatic heterocycles. The van der Waals surface area contributed by atoms with Crippen LogP contribution in [0.3, 0.4) is 0 Å². The van der Waals surface area contributed by atoms with Crippen molar-refractivity contribution in [3.63, 3.8) is 0 Å². The lowest BCUT2D eigenvalue weighted by atomic mass is 10.1. The van der Waals surface area contributed by atoms with Crippen LogP contribution < -0.4 is 5.32 Å². The summed E-state index contributed by atoms with van der Waals surface area (Å²) in [5, 5.41) is 7.69. The molecule has 98 valence electrons. The highest BCUT2D eigenvalue weighted by Crippen LogP contribution is 2.14. The quantitative estimate of drug-likeness (QED) is 0.922. The minimum absolute atomic E-state index is 0.204. The van der Waals surface area contributed by atoms with Gasteiger partial charge in [0, 0.05) is 17.8 Å². The van der Waals surface area contributed by atoms with Crippen molar-refractivity contribution in [3.05, 3.63) is 22.8 Å². The van der Waals surface area contributed by atoms with Crippen LogP contribution in [0.15, 0.2) is 22.8 Å². The number of nitrogens with one attached hydrogen (secondary N) is 1. The van der Waals surface area contributed by atoms with E-state index in [1.165, 1.54) is 0 Å². The smallest absolute Gasteiger partial charge is 0.243 e. The van der Waals surface area contributed by atoms with Gasteiger partial charge in [-0.25, -0.2) is 4.52 Å². The number of rotatable bonds is 5. The Morgan fingerprint density at radius 1 is 1.44 bits per heavy atom. The molecule has 1 atom stereocenters. The largest absolute Gasteiger partial charge is 0.383 e. The van der Waals surface area contributed by atoms with Gasteiger partial charge < -0.3 is 10.1 Å². The summed E-state index contributed by atoms with van der Waals surface area (Å²) >= 11 is 3.41. The first-order valence-electron chi connectivity index (χ1n) is 5.87. The van der Waals surface area contributed by atoms with Crippen LogP contribution in [0.5, 0.6) is 0 Å². The second kappa shape index (κ2) is 5.67. The Hall–Kier alpha value is -1.14. The Labute approximate surface area is 115 Å². The summed E-state index contributed by atoms with van der Waals surface area (Å²) in [6.45, 7) is 4.92. The van der Waals surface area contributed by atoms with E-state index in [0.717, 1.165) is 10.1 Å². The second-order valence-electron chi connectivity index (χ2n) is 4.54. The summed E-state index contributed by atoms with van der Waals surface area (Å²) in [6.07, 6.45) is 1.88. The topological polar surface area (TPSA) is 51.5 Å². The number of fused-ring (bicyclic) bond motifs is 1. The van der Waals surface area contributed by atoms with E-state index >= 15 is 0 Å². The zero-order valence-electron chi connectivity index (χ0n) is 10.7. The molecular formula is C12H17BrN4O. The molecular weight excluding hydrogens is 296 g/mol. The average molecular weight is 313 g/mol. The highest BCUT2D eigenvalue weighted by molar-refractivity contribution is 9.10. The van der Waals surface area contributed by atoms with Crippen LogP contribution in [-0.2, 0) is 4.74 Å². The molecule has 6 heteroatoms. The lowest BCUT2D eigenvalue weighted by molar-refractivity contribution is 0.171. The minimum atomic E-state index is 0.204. The molecule has 0 radical (unpaired) electrons. The first-order valence-corrected chi connectivity index (χ1v) is 6.67. The van der Waals surface area contributed by atoms with E-state index in [1.807, 2.05) is 18.3 Å². The Kier molecular flexibility index (Phi) is 4.19. The highest BCUT2D eigenvalue weighted by atomic mass is 79.9. The fourth-order valence-corrected chi connectivity index (χ4v) is 1.99. The van der Waals surface area contributed by atoms with Gasteiger partial charge in [-0.1, -0.05) is 13.8 Å². The molecule has 18 heavy (non-hydrogen) atoms. The lowest BCUT2D eigenvalue weighted by Crippen LogP contribution is -2.30. The number of ether oxygens (including phenoxy) is 1. The Morgan fingerprint density at radius 3 is 2.89 bits per heavy atom. The molecule has 0 aromatic carbocycles. The minimum Gasteiger partial charge on any atom is -0.383 e. The third kappa shape index (κ3) is 3.00. The fraction of sp³-hybridized carbons (Fsp3) is 0.500. The van der Waals surface area contributed by atoms with Crippen LogP contribution in [0.1, 0.15) is 13.8 Å². The van der Waals surface area contributed by atoms with Crippen LogP contribution in [0.25, 0.3) is 5.65 Å². The summed E-state index contributed by atoms with van der Waals surface area (Å²) in [4.78, 5) is 4.42. The number of anilines is 1. The molecule has 0 bridgehead atoms. The van der Waals surface area contributed by atoms with Crippen LogP contribution in [0, 0.1) is 5.92 Å². The number of hydrogen-bond acceptors (Lipinski definition) is 4. The van der Waals surface area contributed by atoms with Gasteiger partial charge in [-0.15, -0.1) is 5.10 Å². The van der Waals surface area contributed by atoms with Crippen LogP contribution in [0.2, 0.25) is 0 Å². The molecule has 0 saturated heterocycles. The van der Waals surface area contributed by atoms with Crippen molar-refractivity contribution >= 4 is 27.5 Å². The lowest BCUT2D eigenvalue weighted by Gasteiger charge is -2.20.